The van der Waals surface area contributed by atoms with Crippen LogP contribution >= 0.6 is 0 Å². The molecule has 1 fully saturated rings. The second kappa shape index (κ2) is 12.0. The Morgan fingerprint density at radius 3 is 2.41 bits per heavy atom. The van der Waals surface area contributed by atoms with Crippen LogP contribution in [0.25, 0.3) is 0 Å². The number of ether oxygens (including phenoxy) is 3. The number of rotatable bonds is 10. The van der Waals surface area contributed by atoms with Crippen molar-refractivity contribution < 1.29 is 23.8 Å². The standard InChI is InChI=1S/C25H32N2O5/c1-30-22-11-10-19(17-23(22)31-2)18-25(29)27-14-12-20(13-15-27)26-24(28)9-6-16-32-21-7-4-3-5-8-21/h3-5,7-8,10-11,17,20H,6,9,12-16,18H2,1-2H3,(H,26,28). The zero-order valence-corrected chi connectivity index (χ0v) is 18.8. The van der Waals surface area contributed by atoms with Crippen LogP contribution < -0.4 is 19.5 Å². The van der Waals surface area contributed by atoms with Gasteiger partial charge >= 0.3 is 0 Å². The fourth-order valence-electron chi connectivity index (χ4n) is 3.79. The predicted molar refractivity (Wildman–Crippen MR) is 122 cm³/mol. The normalized spacial score (nSPS) is 14.0. The second-order valence-electron chi connectivity index (χ2n) is 7.85. The minimum Gasteiger partial charge on any atom is -0.494 e. The van der Waals surface area contributed by atoms with Gasteiger partial charge in [-0.15, -0.1) is 0 Å². The van der Waals surface area contributed by atoms with Gasteiger partial charge in [-0.3, -0.25) is 9.59 Å². The van der Waals surface area contributed by atoms with Crippen molar-refractivity contribution in [2.24, 2.45) is 0 Å². The van der Waals surface area contributed by atoms with Crippen LogP contribution in [0, 0.1) is 0 Å². The van der Waals surface area contributed by atoms with E-state index in [1.807, 2.05) is 53.4 Å². The van der Waals surface area contributed by atoms with Gasteiger partial charge in [0.25, 0.3) is 0 Å². The third kappa shape index (κ3) is 6.90. The Labute approximate surface area is 189 Å². The number of piperidine rings is 1. The van der Waals surface area contributed by atoms with Gasteiger partial charge < -0.3 is 24.4 Å². The summed E-state index contributed by atoms with van der Waals surface area (Å²) in [5, 5.41) is 3.09. The highest BCUT2D eigenvalue weighted by Gasteiger charge is 2.24. The number of hydrogen-bond acceptors (Lipinski definition) is 5. The van der Waals surface area contributed by atoms with E-state index < -0.39 is 0 Å². The van der Waals surface area contributed by atoms with Gasteiger partial charge in [-0.25, -0.2) is 0 Å². The zero-order valence-electron chi connectivity index (χ0n) is 18.8. The van der Waals surface area contributed by atoms with E-state index >= 15 is 0 Å². The van der Waals surface area contributed by atoms with E-state index in [0.717, 1.165) is 24.2 Å². The van der Waals surface area contributed by atoms with Crippen LogP contribution in [0.3, 0.4) is 0 Å². The maximum absolute atomic E-state index is 12.7. The SMILES string of the molecule is COc1ccc(CC(=O)N2CCC(NC(=O)CCCOc3ccccc3)CC2)cc1OC. The van der Waals surface area contributed by atoms with Crippen LogP contribution in [-0.2, 0) is 16.0 Å². The number of nitrogens with one attached hydrogen (secondary N) is 1. The molecule has 2 amide bonds. The first-order chi connectivity index (χ1) is 15.6. The molecule has 1 aliphatic rings. The number of nitrogens with zero attached hydrogens (tertiary/aromatic N) is 1. The lowest BCUT2D eigenvalue weighted by atomic mass is 10.0. The lowest BCUT2D eigenvalue weighted by molar-refractivity contribution is -0.131. The minimum atomic E-state index is 0.0387. The molecule has 7 heteroatoms. The van der Waals surface area contributed by atoms with Gasteiger partial charge in [0.1, 0.15) is 5.75 Å². The molecule has 0 radical (unpaired) electrons. The zero-order chi connectivity index (χ0) is 22.8. The van der Waals surface area contributed by atoms with Gasteiger partial charge in [0.2, 0.25) is 11.8 Å². The van der Waals surface area contributed by atoms with E-state index in [0.29, 0.717) is 50.5 Å². The molecule has 0 spiro atoms. The van der Waals surface area contributed by atoms with Gasteiger partial charge in [-0.2, -0.15) is 0 Å². The van der Waals surface area contributed by atoms with Gasteiger partial charge in [0.05, 0.1) is 27.2 Å². The molecule has 1 saturated heterocycles. The van der Waals surface area contributed by atoms with Crippen molar-refractivity contribution in [3.63, 3.8) is 0 Å². The Balaban J connectivity index is 1.35. The number of methoxy groups -OCH3 is 2. The number of carbonyl (C=O) groups is 2. The predicted octanol–water partition coefficient (Wildman–Crippen LogP) is 3.21. The quantitative estimate of drug-likeness (QED) is 0.574. The molecule has 3 rings (SSSR count). The molecule has 0 unspecified atom stereocenters. The largest absolute Gasteiger partial charge is 0.494 e. The van der Waals surface area contributed by atoms with E-state index in [9.17, 15) is 9.59 Å². The van der Waals surface area contributed by atoms with Crippen molar-refractivity contribution in [2.45, 2.75) is 38.1 Å². The second-order valence-corrected chi connectivity index (χ2v) is 7.85. The van der Waals surface area contributed by atoms with Gasteiger partial charge in [0.15, 0.2) is 11.5 Å². The molecule has 1 N–H and O–H groups in total. The van der Waals surface area contributed by atoms with Crippen molar-refractivity contribution in [1.29, 1.82) is 0 Å². The molecular weight excluding hydrogens is 408 g/mol. The number of amides is 2. The summed E-state index contributed by atoms with van der Waals surface area (Å²) in [4.78, 5) is 26.8. The molecule has 172 valence electrons. The summed E-state index contributed by atoms with van der Waals surface area (Å²) >= 11 is 0. The van der Waals surface area contributed by atoms with Crippen LogP contribution in [0.4, 0.5) is 0 Å². The Bertz CT molecular complexity index is 879. The Morgan fingerprint density at radius 1 is 1.00 bits per heavy atom. The van der Waals surface area contributed by atoms with Crippen molar-refractivity contribution in [2.75, 3.05) is 33.9 Å². The Morgan fingerprint density at radius 2 is 1.72 bits per heavy atom. The minimum absolute atomic E-state index is 0.0387. The summed E-state index contributed by atoms with van der Waals surface area (Å²) in [5.41, 5.74) is 0.890. The molecule has 0 aliphatic carbocycles. The number of para-hydroxylation sites is 1. The maximum Gasteiger partial charge on any atom is 0.226 e. The highest BCUT2D eigenvalue weighted by Crippen LogP contribution is 2.28. The number of hydrogen-bond donors (Lipinski definition) is 1. The van der Waals surface area contributed by atoms with Gasteiger partial charge in [-0.1, -0.05) is 24.3 Å². The highest BCUT2D eigenvalue weighted by atomic mass is 16.5. The average molecular weight is 441 g/mol. The lowest BCUT2D eigenvalue weighted by Crippen LogP contribution is -2.47. The van der Waals surface area contributed by atoms with Crippen LogP contribution in [0.5, 0.6) is 17.2 Å². The van der Waals surface area contributed by atoms with E-state index in [-0.39, 0.29) is 17.9 Å². The summed E-state index contributed by atoms with van der Waals surface area (Å²) in [6.07, 6.45) is 2.96. The summed E-state index contributed by atoms with van der Waals surface area (Å²) in [5.74, 6) is 2.20. The monoisotopic (exact) mass is 440 g/mol. The topological polar surface area (TPSA) is 77.1 Å². The smallest absolute Gasteiger partial charge is 0.226 e. The summed E-state index contributed by atoms with van der Waals surface area (Å²) < 4.78 is 16.2. The maximum atomic E-state index is 12.7. The Kier molecular flexibility index (Phi) is 8.78. The van der Waals surface area contributed by atoms with Crippen molar-refractivity contribution in [3.05, 3.63) is 54.1 Å². The van der Waals surface area contributed by atoms with Gasteiger partial charge in [0, 0.05) is 25.6 Å². The lowest BCUT2D eigenvalue weighted by Gasteiger charge is -2.32. The molecule has 2 aromatic rings. The first-order valence-electron chi connectivity index (χ1n) is 11.0. The van der Waals surface area contributed by atoms with E-state index in [4.69, 9.17) is 14.2 Å². The Hall–Kier alpha value is -3.22. The molecule has 0 aromatic heterocycles. The number of benzene rings is 2. The molecule has 7 nitrogen and oxygen atoms in total. The molecule has 32 heavy (non-hydrogen) atoms. The van der Waals surface area contributed by atoms with Crippen LogP contribution in [-0.4, -0.2) is 56.7 Å². The number of likely N-dealkylation sites (tertiary alicyclic amines) is 1. The summed E-state index contributed by atoms with van der Waals surface area (Å²) in [6.45, 7) is 1.81. The van der Waals surface area contributed by atoms with Gasteiger partial charge in [-0.05, 0) is 49.1 Å². The van der Waals surface area contributed by atoms with E-state index in [1.165, 1.54) is 0 Å². The number of carbonyl (C=O) groups excluding carboxylic acids is 2. The molecule has 0 bridgehead atoms. The first kappa shape index (κ1) is 23.4. The van der Waals surface area contributed by atoms with Crippen molar-refractivity contribution >= 4 is 11.8 Å². The molecular formula is C25H32N2O5. The van der Waals surface area contributed by atoms with E-state index in [2.05, 4.69) is 5.32 Å². The third-order valence-corrected chi connectivity index (χ3v) is 5.58. The average Bonchev–Trinajstić information content (AvgIpc) is 2.83. The summed E-state index contributed by atoms with van der Waals surface area (Å²) in [7, 11) is 3.17. The van der Waals surface area contributed by atoms with Crippen LogP contribution in [0.1, 0.15) is 31.2 Å². The highest BCUT2D eigenvalue weighted by molar-refractivity contribution is 5.79. The summed E-state index contributed by atoms with van der Waals surface area (Å²) in [6, 6.07) is 15.2. The molecule has 2 aromatic carbocycles. The van der Waals surface area contributed by atoms with Crippen LogP contribution in [0.15, 0.2) is 48.5 Å². The van der Waals surface area contributed by atoms with E-state index in [1.54, 1.807) is 14.2 Å². The van der Waals surface area contributed by atoms with Crippen molar-refractivity contribution in [1.82, 2.24) is 10.2 Å². The first-order valence-corrected chi connectivity index (χ1v) is 11.0. The fraction of sp³-hybridized carbons (Fsp3) is 0.440. The van der Waals surface area contributed by atoms with Crippen molar-refractivity contribution in [3.8, 4) is 17.2 Å². The molecule has 0 atom stereocenters. The fourth-order valence-corrected chi connectivity index (χ4v) is 3.79. The molecule has 0 saturated carbocycles. The molecule has 1 aliphatic heterocycles. The molecule has 1 heterocycles. The third-order valence-electron chi connectivity index (χ3n) is 5.58. The van der Waals surface area contributed by atoms with Crippen LogP contribution in [0.2, 0.25) is 0 Å².